The van der Waals surface area contributed by atoms with Gasteiger partial charge in [-0.1, -0.05) is 20.8 Å². The van der Waals surface area contributed by atoms with E-state index < -0.39 is 15.6 Å². The molecule has 1 heterocycles. The van der Waals surface area contributed by atoms with E-state index in [9.17, 15) is 13.5 Å². The van der Waals surface area contributed by atoms with E-state index in [1.165, 1.54) is 6.07 Å². The lowest BCUT2D eigenvalue weighted by molar-refractivity contribution is 0.269. The summed E-state index contributed by atoms with van der Waals surface area (Å²) in [5.41, 5.74) is 0.0917. The van der Waals surface area contributed by atoms with Crippen LogP contribution in [0.25, 0.3) is 0 Å². The predicted octanol–water partition coefficient (Wildman–Crippen LogP) is 2.49. The van der Waals surface area contributed by atoms with Crippen LogP contribution in [-0.2, 0) is 23.2 Å². The molecule has 0 radical (unpaired) electrons. The van der Waals surface area contributed by atoms with Gasteiger partial charge in [-0.15, -0.1) is 0 Å². The van der Waals surface area contributed by atoms with Crippen molar-refractivity contribution >= 4 is 10.0 Å². The van der Waals surface area contributed by atoms with Crippen LogP contribution in [0.4, 0.5) is 0 Å². The fraction of sp³-hybridized carbons (Fsp3) is 0.733. The molecule has 0 bridgehead atoms. The minimum atomic E-state index is -3.59. The van der Waals surface area contributed by atoms with Gasteiger partial charge in [-0.3, -0.25) is 0 Å². The maximum Gasteiger partial charge on any atom is 0.242 e. The molecular weight excluding hydrogens is 288 g/mol. The number of aromatic nitrogens is 1. The Labute approximate surface area is 128 Å². The van der Waals surface area contributed by atoms with Gasteiger partial charge >= 0.3 is 0 Å². The van der Waals surface area contributed by atoms with Gasteiger partial charge in [-0.2, -0.15) is 0 Å². The van der Waals surface area contributed by atoms with Crippen LogP contribution in [0.2, 0.25) is 0 Å². The third-order valence-corrected chi connectivity index (χ3v) is 4.82. The van der Waals surface area contributed by atoms with Gasteiger partial charge in [0, 0.05) is 24.0 Å². The zero-order valence-corrected chi connectivity index (χ0v) is 14.7. The van der Waals surface area contributed by atoms with Crippen LogP contribution in [0, 0.1) is 5.41 Å². The number of aliphatic hydroxyl groups is 1. The van der Waals surface area contributed by atoms with Gasteiger partial charge in [0.15, 0.2) is 0 Å². The van der Waals surface area contributed by atoms with Crippen molar-refractivity contribution in [3.63, 3.8) is 0 Å². The zero-order valence-electron chi connectivity index (χ0n) is 13.9. The second-order valence-electron chi connectivity index (χ2n) is 7.34. The third kappa shape index (κ3) is 5.13. The first kappa shape index (κ1) is 18.2. The molecule has 6 heteroatoms. The van der Waals surface area contributed by atoms with E-state index in [1.807, 2.05) is 20.8 Å². The van der Waals surface area contributed by atoms with Crippen LogP contribution >= 0.6 is 0 Å². The second kappa shape index (κ2) is 6.10. The lowest BCUT2D eigenvalue weighted by atomic mass is 9.82. The first-order valence-corrected chi connectivity index (χ1v) is 8.72. The molecule has 0 spiro atoms. The van der Waals surface area contributed by atoms with Crippen LogP contribution in [-0.4, -0.2) is 23.6 Å². The van der Waals surface area contributed by atoms with E-state index in [-0.39, 0.29) is 16.9 Å². The van der Waals surface area contributed by atoms with Gasteiger partial charge in [-0.05, 0) is 38.7 Å². The first-order valence-electron chi connectivity index (χ1n) is 7.24. The Morgan fingerprint density at radius 1 is 1.24 bits per heavy atom. The number of rotatable bonds is 6. The van der Waals surface area contributed by atoms with E-state index in [2.05, 4.69) is 25.5 Å². The van der Waals surface area contributed by atoms with Gasteiger partial charge in [0.2, 0.25) is 10.0 Å². The summed E-state index contributed by atoms with van der Waals surface area (Å²) in [6, 6.07) is 1.53. The van der Waals surface area contributed by atoms with E-state index >= 15 is 0 Å². The molecule has 21 heavy (non-hydrogen) atoms. The SMILES string of the molecule is CCn1cc(S(=O)(=O)NC(C)(C)CC(C)(C)C)cc1CO. The van der Waals surface area contributed by atoms with E-state index in [1.54, 1.807) is 10.8 Å². The van der Waals surface area contributed by atoms with Crippen LogP contribution in [0.5, 0.6) is 0 Å². The van der Waals surface area contributed by atoms with Crippen LogP contribution in [0.1, 0.15) is 53.7 Å². The number of hydrogen-bond donors (Lipinski definition) is 2. The molecule has 0 aliphatic carbocycles. The van der Waals surface area contributed by atoms with Gasteiger partial charge in [0.1, 0.15) is 0 Å². The summed E-state index contributed by atoms with van der Waals surface area (Å²) >= 11 is 0. The molecule has 1 rings (SSSR count). The minimum Gasteiger partial charge on any atom is -0.390 e. The van der Waals surface area contributed by atoms with Gasteiger partial charge in [-0.25, -0.2) is 13.1 Å². The van der Waals surface area contributed by atoms with Crippen molar-refractivity contribution in [2.45, 2.75) is 71.5 Å². The van der Waals surface area contributed by atoms with Gasteiger partial charge < -0.3 is 9.67 Å². The molecule has 1 aromatic heterocycles. The Hall–Kier alpha value is -0.850. The Kier molecular flexibility index (Phi) is 5.29. The number of aliphatic hydroxyl groups excluding tert-OH is 1. The Morgan fingerprint density at radius 3 is 2.19 bits per heavy atom. The highest BCUT2D eigenvalue weighted by Gasteiger charge is 2.31. The molecule has 1 aromatic rings. The highest BCUT2D eigenvalue weighted by molar-refractivity contribution is 7.89. The molecule has 0 amide bonds. The first-order chi connectivity index (χ1) is 9.40. The molecule has 0 aliphatic rings. The topological polar surface area (TPSA) is 71.3 Å². The molecule has 0 fully saturated rings. The fourth-order valence-electron chi connectivity index (χ4n) is 2.88. The largest absolute Gasteiger partial charge is 0.390 e. The molecule has 0 saturated heterocycles. The summed E-state index contributed by atoms with van der Waals surface area (Å²) in [5, 5.41) is 9.28. The second-order valence-corrected chi connectivity index (χ2v) is 9.02. The molecule has 0 saturated carbocycles. The molecule has 2 N–H and O–H groups in total. The number of nitrogens with one attached hydrogen (secondary N) is 1. The lowest BCUT2D eigenvalue weighted by Gasteiger charge is -2.32. The molecule has 0 atom stereocenters. The molecular formula is C15H28N2O3S. The minimum absolute atomic E-state index is 0.0254. The van der Waals surface area contributed by atoms with E-state index in [0.717, 1.165) is 6.42 Å². The molecule has 0 aromatic carbocycles. The van der Waals surface area contributed by atoms with E-state index in [4.69, 9.17) is 0 Å². The highest BCUT2D eigenvalue weighted by atomic mass is 32.2. The summed E-state index contributed by atoms with van der Waals surface area (Å²) in [6.07, 6.45) is 2.29. The standard InChI is InChI=1S/C15H28N2O3S/c1-7-17-9-13(8-12(17)10-18)21(19,20)16-15(5,6)11-14(2,3)4/h8-9,16,18H,7,10-11H2,1-6H3. The smallest absolute Gasteiger partial charge is 0.242 e. The van der Waals surface area contributed by atoms with Crippen molar-refractivity contribution in [2.24, 2.45) is 5.41 Å². The zero-order chi connectivity index (χ0) is 16.5. The van der Waals surface area contributed by atoms with Crippen molar-refractivity contribution in [2.75, 3.05) is 0 Å². The Balaban J connectivity index is 3.04. The highest BCUT2D eigenvalue weighted by Crippen LogP contribution is 2.28. The lowest BCUT2D eigenvalue weighted by Crippen LogP contribution is -2.45. The van der Waals surface area contributed by atoms with Gasteiger partial charge in [0.25, 0.3) is 0 Å². The number of aryl methyl sites for hydroxylation is 1. The summed E-state index contributed by atoms with van der Waals surface area (Å²) in [7, 11) is -3.59. The monoisotopic (exact) mass is 316 g/mol. The number of hydrogen-bond acceptors (Lipinski definition) is 3. The number of sulfonamides is 1. The van der Waals surface area contributed by atoms with Crippen LogP contribution in [0.3, 0.4) is 0 Å². The summed E-state index contributed by atoms with van der Waals surface area (Å²) < 4.78 is 29.6. The predicted molar refractivity (Wildman–Crippen MR) is 84.5 cm³/mol. The van der Waals surface area contributed by atoms with Crippen LogP contribution in [0.15, 0.2) is 17.2 Å². The van der Waals surface area contributed by atoms with Crippen molar-refractivity contribution in [3.05, 3.63) is 18.0 Å². The van der Waals surface area contributed by atoms with Crippen molar-refractivity contribution < 1.29 is 13.5 Å². The van der Waals surface area contributed by atoms with Gasteiger partial charge in [0.05, 0.1) is 11.5 Å². The quantitative estimate of drug-likeness (QED) is 0.847. The molecule has 0 unspecified atom stereocenters. The number of nitrogens with zero attached hydrogens (tertiary/aromatic N) is 1. The van der Waals surface area contributed by atoms with Crippen molar-refractivity contribution in [3.8, 4) is 0 Å². The summed E-state index contributed by atoms with van der Waals surface area (Å²) in [4.78, 5) is 0.204. The average Bonchev–Trinajstić information content (AvgIpc) is 2.67. The van der Waals surface area contributed by atoms with Crippen molar-refractivity contribution in [1.29, 1.82) is 0 Å². The third-order valence-electron chi connectivity index (χ3n) is 3.16. The molecule has 122 valence electrons. The molecule has 5 nitrogen and oxygen atoms in total. The fourth-order valence-corrected chi connectivity index (χ4v) is 4.36. The Morgan fingerprint density at radius 2 is 1.81 bits per heavy atom. The maximum atomic E-state index is 12.5. The van der Waals surface area contributed by atoms with Crippen LogP contribution < -0.4 is 4.72 Å². The average molecular weight is 316 g/mol. The summed E-state index contributed by atoms with van der Waals surface area (Å²) in [5.74, 6) is 0. The Bertz CT molecular complexity index is 559. The normalized spacial score (nSPS) is 13.7. The molecule has 0 aliphatic heterocycles. The maximum absolute atomic E-state index is 12.5. The van der Waals surface area contributed by atoms with Crippen molar-refractivity contribution in [1.82, 2.24) is 9.29 Å². The van der Waals surface area contributed by atoms with E-state index in [0.29, 0.717) is 12.2 Å². The summed E-state index contributed by atoms with van der Waals surface area (Å²) in [6.45, 7) is 12.4.